The predicted octanol–water partition coefficient (Wildman–Crippen LogP) is 6.75. The second kappa shape index (κ2) is 11.9. The first-order valence-corrected chi connectivity index (χ1v) is 12.8. The first-order chi connectivity index (χ1) is 14.6. The number of ketones is 1. The van der Waals surface area contributed by atoms with Crippen LogP contribution in [0.15, 0.2) is 51.9 Å². The van der Waals surface area contributed by atoms with E-state index in [2.05, 4.69) is 6.92 Å². The summed E-state index contributed by atoms with van der Waals surface area (Å²) in [7, 11) is -1.44. The molecule has 1 aliphatic carbocycles. The second-order valence-electron chi connectivity index (χ2n) is 8.01. The van der Waals surface area contributed by atoms with E-state index in [1.54, 1.807) is 30.3 Å². The van der Waals surface area contributed by atoms with Crippen molar-refractivity contribution in [2.45, 2.75) is 82.1 Å². The van der Waals surface area contributed by atoms with Crippen LogP contribution in [0.5, 0.6) is 0 Å². The number of allylic oxidation sites excluding steroid dienone is 2. The Balaban J connectivity index is 1.49. The fraction of sp³-hybridized carbons (Fsp3) is 0.520. The lowest BCUT2D eigenvalue weighted by atomic mass is 9.93. The maximum absolute atomic E-state index is 13.2. The van der Waals surface area contributed by atoms with E-state index in [1.165, 1.54) is 51.4 Å². The van der Waals surface area contributed by atoms with Gasteiger partial charge in [0.2, 0.25) is 0 Å². The molecule has 1 aliphatic heterocycles. The zero-order valence-electron chi connectivity index (χ0n) is 17.8. The third-order valence-corrected chi connectivity index (χ3v) is 7.62. The second-order valence-corrected chi connectivity index (χ2v) is 9.84. The van der Waals surface area contributed by atoms with Crippen molar-refractivity contribution in [2.75, 3.05) is 6.61 Å². The average molecular weight is 448 g/mol. The molecule has 0 radical (unpaired) electrons. The number of benzene rings is 1. The van der Waals surface area contributed by atoms with Gasteiger partial charge >= 0.3 is 0 Å². The van der Waals surface area contributed by atoms with Gasteiger partial charge in [-0.15, -0.1) is 4.90 Å². The number of carbonyl (C=O) groups excluding carboxylic acids is 1. The highest BCUT2D eigenvalue weighted by molar-refractivity contribution is 7.86. The van der Waals surface area contributed by atoms with E-state index in [1.807, 2.05) is 6.08 Å². The maximum atomic E-state index is 13.2. The largest absolute Gasteiger partial charge is 0.457 e. The topological polar surface area (TPSA) is 43.4 Å². The van der Waals surface area contributed by atoms with Gasteiger partial charge in [-0.1, -0.05) is 112 Å². The van der Waals surface area contributed by atoms with Gasteiger partial charge in [0.1, 0.15) is 0 Å². The molecule has 1 atom stereocenters. The van der Waals surface area contributed by atoms with Gasteiger partial charge in [-0.2, -0.15) is 0 Å². The van der Waals surface area contributed by atoms with Gasteiger partial charge in [0.05, 0.1) is 6.10 Å². The highest BCUT2D eigenvalue weighted by Crippen LogP contribution is 2.32. The lowest BCUT2D eigenvalue weighted by molar-refractivity contribution is 0.102. The van der Waals surface area contributed by atoms with E-state index in [9.17, 15) is 9.00 Å². The van der Waals surface area contributed by atoms with Crippen molar-refractivity contribution in [3.05, 3.63) is 52.6 Å². The van der Waals surface area contributed by atoms with E-state index in [4.69, 9.17) is 16.3 Å². The molecule has 1 aromatic rings. The number of ether oxygens (including phenoxy) is 1. The minimum Gasteiger partial charge on any atom is -0.457 e. The Kier molecular flexibility index (Phi) is 9.23. The Bertz CT molecular complexity index is 893. The third kappa shape index (κ3) is 5.66. The van der Waals surface area contributed by atoms with E-state index in [0.29, 0.717) is 32.5 Å². The molecule has 0 aromatic heterocycles. The molecule has 1 unspecified atom stereocenters. The van der Waals surface area contributed by atoms with Gasteiger partial charge < -0.3 is 8.95 Å². The van der Waals surface area contributed by atoms with Gasteiger partial charge in [-0.25, -0.2) is 10.4 Å². The fourth-order valence-corrected chi connectivity index (χ4v) is 5.88. The monoisotopic (exact) mass is 447 g/mol. The fourth-order valence-electron chi connectivity index (χ4n) is 4.02. The molecule has 0 N–H and O–H groups in total. The van der Waals surface area contributed by atoms with E-state index in [-0.39, 0.29) is 5.78 Å². The van der Waals surface area contributed by atoms with Crippen molar-refractivity contribution < 1.29 is 13.7 Å². The number of halogens is 1. The highest BCUT2D eigenvalue weighted by Gasteiger charge is 2.29. The SMILES string of the molecule is CCCCCCCCCCCCOC1C=CC(Cl)=C2C(=O)c3ccccc3[S-](=O)=C21. The van der Waals surface area contributed by atoms with Gasteiger partial charge in [0, 0.05) is 22.8 Å². The molecule has 0 saturated carbocycles. The Morgan fingerprint density at radius 2 is 1.60 bits per heavy atom. The number of fused-ring (bicyclic) bond motifs is 2. The summed E-state index contributed by atoms with van der Waals surface area (Å²) in [5.41, 5.74) is 0.820. The Labute approximate surface area is 187 Å². The quantitative estimate of drug-likeness (QED) is 0.202. The van der Waals surface area contributed by atoms with Crippen LogP contribution < -0.4 is 0 Å². The lowest BCUT2D eigenvalue weighted by Gasteiger charge is -2.33. The molecule has 0 spiro atoms. The number of carbonyl (C=O) groups is 1. The Morgan fingerprint density at radius 1 is 0.967 bits per heavy atom. The van der Waals surface area contributed by atoms with E-state index in [0.717, 1.165) is 12.8 Å². The van der Waals surface area contributed by atoms with Gasteiger partial charge in [-0.3, -0.25) is 4.79 Å². The first-order valence-electron chi connectivity index (χ1n) is 11.3. The number of Topliss-reactive ketones (excluding diaryl/α,β-unsaturated/α-hetero) is 1. The zero-order chi connectivity index (χ0) is 21.3. The van der Waals surface area contributed by atoms with Crippen molar-refractivity contribution in [1.82, 2.24) is 0 Å². The summed E-state index contributed by atoms with van der Waals surface area (Å²) in [4.78, 5) is 14.0. The summed E-state index contributed by atoms with van der Waals surface area (Å²) < 4.78 is 19.2. The van der Waals surface area contributed by atoms with Crippen molar-refractivity contribution in [3.63, 3.8) is 0 Å². The molecule has 0 fully saturated rings. The van der Waals surface area contributed by atoms with Gasteiger partial charge in [-0.05, 0) is 12.5 Å². The standard InChI is InChI=1S/C25H32ClO3S/c1-2-3-4-5-6-7-8-9-10-13-18-29-21-17-16-20(26)23-24(27)19-14-11-12-15-22(19)30(28)25(21)23/h11-12,14-17,21H,2-10,13,18H2,1H3/q-1. The molecule has 164 valence electrons. The van der Waals surface area contributed by atoms with Crippen LogP contribution in [-0.2, 0) is 19.3 Å². The van der Waals surface area contributed by atoms with Crippen LogP contribution in [0.3, 0.4) is 0 Å². The van der Waals surface area contributed by atoms with Gasteiger partial charge in [0.25, 0.3) is 0 Å². The smallest absolute Gasteiger partial charge is 0.191 e. The summed E-state index contributed by atoms with van der Waals surface area (Å²) in [6.45, 7) is 2.84. The molecule has 1 heterocycles. The molecule has 30 heavy (non-hydrogen) atoms. The van der Waals surface area contributed by atoms with Crippen molar-refractivity contribution >= 4 is 32.6 Å². The van der Waals surface area contributed by atoms with Crippen molar-refractivity contribution in [3.8, 4) is 0 Å². The summed E-state index contributed by atoms with van der Waals surface area (Å²) in [6, 6.07) is 7.05. The highest BCUT2D eigenvalue weighted by atomic mass is 35.5. The number of hydrogen-bond donors (Lipinski definition) is 0. The lowest BCUT2D eigenvalue weighted by Crippen LogP contribution is -2.35. The third-order valence-electron chi connectivity index (χ3n) is 5.71. The molecule has 0 bridgehead atoms. The molecule has 0 amide bonds. The summed E-state index contributed by atoms with van der Waals surface area (Å²) in [5.74, 6) is -0.165. The van der Waals surface area contributed by atoms with Crippen LogP contribution in [0, 0.1) is 0 Å². The Hall–Kier alpha value is -1.36. The number of hydrogen-bond acceptors (Lipinski definition) is 4. The summed E-state index contributed by atoms with van der Waals surface area (Å²) in [5, 5.41) is 0.344. The molecule has 3 rings (SSSR count). The van der Waals surface area contributed by atoms with Crippen LogP contribution in [0.25, 0.3) is 0 Å². The first kappa shape index (κ1) is 23.3. The zero-order valence-corrected chi connectivity index (χ0v) is 19.4. The molecule has 2 aliphatic rings. The maximum Gasteiger partial charge on any atom is 0.191 e. The molecule has 1 aromatic carbocycles. The molecule has 3 nitrogen and oxygen atoms in total. The number of rotatable bonds is 12. The molecular weight excluding hydrogens is 416 g/mol. The minimum absolute atomic E-state index is 0.165. The van der Waals surface area contributed by atoms with Gasteiger partial charge in [0.15, 0.2) is 5.78 Å². The van der Waals surface area contributed by atoms with Crippen molar-refractivity contribution in [2.24, 2.45) is 0 Å². The predicted molar refractivity (Wildman–Crippen MR) is 126 cm³/mol. The van der Waals surface area contributed by atoms with Crippen LogP contribution in [-0.4, -0.2) is 23.4 Å². The van der Waals surface area contributed by atoms with Crippen LogP contribution in [0.1, 0.15) is 81.5 Å². The summed E-state index contributed by atoms with van der Waals surface area (Å²) in [6.07, 6.45) is 15.7. The van der Waals surface area contributed by atoms with Crippen LogP contribution in [0.2, 0.25) is 0 Å². The normalized spacial score (nSPS) is 18.7. The minimum atomic E-state index is -1.44. The summed E-state index contributed by atoms with van der Waals surface area (Å²) >= 11 is 6.32. The van der Waals surface area contributed by atoms with Crippen LogP contribution in [0.4, 0.5) is 0 Å². The average Bonchev–Trinajstić information content (AvgIpc) is 2.76. The molecule has 0 saturated heterocycles. The van der Waals surface area contributed by atoms with Crippen molar-refractivity contribution in [1.29, 1.82) is 0 Å². The van der Waals surface area contributed by atoms with Crippen LogP contribution >= 0.6 is 11.6 Å². The molecule has 5 heteroatoms. The van der Waals surface area contributed by atoms with E-state index >= 15 is 0 Å². The van der Waals surface area contributed by atoms with E-state index < -0.39 is 16.5 Å². The number of unbranched alkanes of at least 4 members (excludes halogenated alkanes) is 9. The molecular formula is C25H32ClO3S-. The Morgan fingerprint density at radius 3 is 2.30 bits per heavy atom.